The van der Waals surface area contributed by atoms with Crippen molar-refractivity contribution in [2.24, 2.45) is 0 Å². The van der Waals surface area contributed by atoms with E-state index in [1.165, 1.54) is 58.1 Å². The van der Waals surface area contributed by atoms with Crippen LogP contribution in [-0.4, -0.2) is 39.0 Å². The topological polar surface area (TPSA) is 88.2 Å². The Morgan fingerprint density at radius 1 is 0.292 bits per heavy atom. The maximum Gasteiger partial charge on any atom is 0.416 e. The van der Waals surface area contributed by atoms with Crippen LogP contribution in [0.1, 0.15) is 300 Å². The second-order valence-electron chi connectivity index (χ2n) is 40.0. The van der Waals surface area contributed by atoms with E-state index in [2.05, 4.69) is 312 Å². The molecule has 0 aliphatic rings. The molecule has 0 bridgehead atoms. The number of benzene rings is 8. The monoisotopic (exact) mass is 1660 g/mol. The lowest BCUT2D eigenvalue weighted by Gasteiger charge is -2.22. The summed E-state index contributed by atoms with van der Waals surface area (Å²) in [6, 6.07) is 69.2. The fraction of sp³-hybridized carbons (Fsp3) is 0.457. The van der Waals surface area contributed by atoms with Crippen molar-refractivity contribution in [3.8, 4) is 11.5 Å². The highest BCUT2D eigenvalue weighted by Gasteiger charge is 2.38. The molecule has 10 aromatic rings. The molecule has 0 saturated carbocycles. The number of alkyl halides is 8. The molecule has 8 aromatic carbocycles. The first-order valence-electron chi connectivity index (χ1n) is 40.5. The van der Waals surface area contributed by atoms with E-state index in [0.717, 1.165) is 46.6 Å². The molecule has 0 atom stereocenters. The van der Waals surface area contributed by atoms with Crippen LogP contribution < -0.4 is 4.74 Å². The Morgan fingerprint density at radius 3 is 0.800 bits per heavy atom. The summed E-state index contributed by atoms with van der Waals surface area (Å²) in [6.07, 6.45) is -4.20. The molecule has 0 radical (unpaired) electrons. The molecule has 2 heterocycles. The van der Waals surface area contributed by atoms with Crippen LogP contribution in [-0.2, 0) is 72.4 Å². The van der Waals surface area contributed by atoms with Crippen molar-refractivity contribution >= 4 is 5.69 Å². The summed E-state index contributed by atoms with van der Waals surface area (Å²) in [6.45, 7) is 66.3. The summed E-state index contributed by atoms with van der Waals surface area (Å²) in [4.78, 5) is 23.5. The Hall–Kier alpha value is -9.37. The minimum Gasteiger partial charge on any atom is -0.508 e. The summed E-state index contributed by atoms with van der Waals surface area (Å²) in [5.41, 5.74) is 10.7. The summed E-state index contributed by atoms with van der Waals surface area (Å²) in [5.74, 6) is -0.591. The van der Waals surface area contributed by atoms with Gasteiger partial charge < -0.3 is 9.84 Å². The third kappa shape index (κ3) is 44.3. The van der Waals surface area contributed by atoms with Gasteiger partial charge in [-0.2, -0.15) is 26.3 Å². The smallest absolute Gasteiger partial charge is 0.416 e. The highest BCUT2D eigenvalue weighted by atomic mass is 19.4. The number of pyridine rings is 1. The number of methoxy groups -OCH3 is 1. The number of hydrogen-bond donors (Lipinski definition) is 1. The lowest BCUT2D eigenvalue weighted by molar-refractivity contribution is -0.428. The standard InChI is InChI=1S/C12H12F6.C12H16F2.C11H16NO.C11H16O.C11H16.C10H14O.2C10H14.C9H13N.C8H12N2.CH4/c1-10(2,3)7-4-8(11(13,14)15)6-9(5-7)12(16,17)18;1-11(2,3)9-5-7-10(8-6-9)12(4,13)14;1-11(2,3)9-5-7-10(8-6-9)12(4)13;1-11(2,3)9-5-7-10(12-4)8-6-9;1-9-5-7-10(8-6-9)11(2,3)4;1-10(2,3)8-4-6-9(11)7-5-8;2*1-10(2,3)9-7-5-4-6-8-9;1-9(2,3)8-6-4-5-7-10-8;1-8(2,3)7-9-5-4-6-10-7;/h4-6H,1-3H3;5-8H,1-4H3;5-8H,1-4H3;5-8H,1-4H3;5-8H,1-4H3;4-7,11H,1-3H3;2*4-8H,1-3H3;4-7H,1-3H3;4-6H,1-3H3;1H4/q;;+1;;;;;;;;. The van der Waals surface area contributed by atoms with Gasteiger partial charge in [0, 0.05) is 69.4 Å². The van der Waals surface area contributed by atoms with E-state index in [0.29, 0.717) is 22.3 Å². The van der Waals surface area contributed by atoms with E-state index in [4.69, 9.17) is 9.84 Å². The first-order chi connectivity index (χ1) is 53.9. The van der Waals surface area contributed by atoms with Gasteiger partial charge in [-0.05, 0) is 155 Å². The third-order valence-corrected chi connectivity index (χ3v) is 18.4. The molecule has 0 aliphatic carbocycles. The number of phenols is 1. The van der Waals surface area contributed by atoms with Crippen LogP contribution in [0, 0.1) is 11.8 Å². The van der Waals surface area contributed by atoms with Gasteiger partial charge in [0.05, 0.1) is 18.2 Å². The minimum absolute atomic E-state index is 0. The molecule has 10 rings (SSSR count). The zero-order chi connectivity index (χ0) is 92.0. The number of halogens is 8. The van der Waals surface area contributed by atoms with Gasteiger partial charge in [0.1, 0.15) is 17.3 Å². The van der Waals surface area contributed by atoms with Crippen LogP contribution >= 0.6 is 0 Å². The van der Waals surface area contributed by atoms with Crippen molar-refractivity contribution in [1.82, 2.24) is 15.0 Å². The van der Waals surface area contributed by atoms with Crippen LogP contribution in [0.3, 0.4) is 0 Å². The molecule has 1 N–H and O–H groups in total. The predicted molar refractivity (Wildman–Crippen MR) is 493 cm³/mol. The molecule has 0 fully saturated rings. The molecule has 15 heteroatoms. The summed E-state index contributed by atoms with van der Waals surface area (Å²) >= 11 is 0. The van der Waals surface area contributed by atoms with Gasteiger partial charge in [-0.3, -0.25) is 4.98 Å². The van der Waals surface area contributed by atoms with E-state index in [1.54, 1.807) is 64.5 Å². The lowest BCUT2D eigenvalue weighted by Crippen LogP contribution is -2.17. The minimum atomic E-state index is -4.79. The normalized spacial score (nSPS) is 11.9. The van der Waals surface area contributed by atoms with Crippen LogP contribution in [0.4, 0.5) is 40.8 Å². The largest absolute Gasteiger partial charge is 0.508 e. The second-order valence-corrected chi connectivity index (χ2v) is 40.0. The molecule has 120 heavy (non-hydrogen) atoms. The molecule has 0 spiro atoms. The first kappa shape index (κ1) is 111. The Morgan fingerprint density at radius 2 is 0.558 bits per heavy atom. The highest BCUT2D eigenvalue weighted by molar-refractivity contribution is 5.39. The van der Waals surface area contributed by atoms with Gasteiger partial charge in [-0.1, -0.05) is 372 Å². The van der Waals surface area contributed by atoms with Gasteiger partial charge in [-0.25, -0.2) is 18.7 Å². The van der Waals surface area contributed by atoms with Crippen molar-refractivity contribution in [3.63, 3.8) is 0 Å². The van der Waals surface area contributed by atoms with Crippen LogP contribution in [0.15, 0.2) is 243 Å². The lowest BCUT2D eigenvalue weighted by atomic mass is 9.85. The third-order valence-electron chi connectivity index (χ3n) is 18.4. The van der Waals surface area contributed by atoms with Crippen LogP contribution in [0.25, 0.3) is 0 Å². The maximum atomic E-state index is 12.9. The van der Waals surface area contributed by atoms with E-state index < -0.39 is 34.8 Å². The van der Waals surface area contributed by atoms with Gasteiger partial charge in [0.2, 0.25) is 0 Å². The van der Waals surface area contributed by atoms with E-state index in [-0.39, 0.29) is 62.5 Å². The quantitative estimate of drug-likeness (QED) is 0.140. The fourth-order valence-electron chi connectivity index (χ4n) is 10.3. The maximum absolute atomic E-state index is 12.9. The number of aromatic hydroxyl groups is 1. The van der Waals surface area contributed by atoms with Gasteiger partial charge in [-0.15, -0.1) is 0 Å². The van der Waals surface area contributed by atoms with Gasteiger partial charge >= 0.3 is 12.4 Å². The molecule has 0 aliphatic heterocycles. The summed E-state index contributed by atoms with van der Waals surface area (Å²) < 4.78 is 107. The molecule has 0 saturated heterocycles. The average molecular weight is 1670 g/mol. The number of nitrogens with zero attached hydrogens (tertiary/aromatic N) is 4. The van der Waals surface area contributed by atoms with Crippen LogP contribution in [0.5, 0.6) is 11.5 Å². The molecule has 0 unspecified atom stereocenters. The predicted octanol–water partition coefficient (Wildman–Crippen LogP) is 31.9. The molecule has 2 aromatic heterocycles. The summed E-state index contributed by atoms with van der Waals surface area (Å²) in [7, 11) is 3.19. The van der Waals surface area contributed by atoms with Crippen LogP contribution in [0.2, 0.25) is 0 Å². The van der Waals surface area contributed by atoms with Gasteiger partial charge in [0.25, 0.3) is 11.6 Å². The number of aryl methyl sites for hydroxylation is 1. The highest BCUT2D eigenvalue weighted by Crippen LogP contribution is 2.40. The summed E-state index contributed by atoms with van der Waals surface area (Å²) in [5, 5.41) is 9.02. The molecule has 0 amide bonds. The molecule has 660 valence electrons. The zero-order valence-electron chi connectivity index (χ0n) is 78.2. The number of nitroso groups, excluding NO2 is 1. The Kier molecular flexibility index (Phi) is 43.0. The van der Waals surface area contributed by atoms with Crippen molar-refractivity contribution in [2.45, 2.75) is 301 Å². The Balaban J connectivity index is 0.00000132. The molecular formula is C105H147F8N4O3+. The van der Waals surface area contributed by atoms with E-state index in [1.807, 2.05) is 72.9 Å². The van der Waals surface area contributed by atoms with Crippen molar-refractivity contribution < 1.29 is 49.7 Å². The van der Waals surface area contributed by atoms with Crippen molar-refractivity contribution in [1.29, 1.82) is 0 Å². The Bertz CT molecular complexity index is 4110. The number of ether oxygens (including phenoxy) is 1. The zero-order valence-corrected chi connectivity index (χ0v) is 78.2. The molecule has 7 nitrogen and oxygen atoms in total. The number of phenolic OH excluding ortho intramolecular Hbond substituents is 1. The Labute approximate surface area is 719 Å². The van der Waals surface area contributed by atoms with E-state index >= 15 is 0 Å². The number of hydrogen-bond acceptors (Lipinski definition) is 6. The SMILES string of the molecule is C.CC(C)(C)c1cc(C(F)(F)F)cc(C(F)(F)F)c1.CC(C)(C)c1ccc(C(C)(F)F)cc1.CC(C)(C)c1ccc(O)cc1.CC(C)(C)c1ccccc1.CC(C)(C)c1ccccc1.CC(C)(C)c1ccccn1.CC(C)(C)c1ncccn1.COc1ccc(C(C)(C)C)cc1.C[N+](=O)c1ccc(C(C)(C)C)cc1.Cc1ccc(C(C)(C)C)cc1. The fourth-order valence-corrected chi connectivity index (χ4v) is 10.3. The van der Waals surface area contributed by atoms with Gasteiger partial charge in [0.15, 0.2) is 7.05 Å². The van der Waals surface area contributed by atoms with Crippen molar-refractivity contribution in [2.75, 3.05) is 14.2 Å². The van der Waals surface area contributed by atoms with Crippen molar-refractivity contribution in [3.05, 3.63) is 326 Å². The first-order valence-corrected chi connectivity index (χ1v) is 40.5. The average Bonchev–Trinajstić information content (AvgIpc) is 0.785. The number of aromatic nitrogens is 3. The second kappa shape index (κ2) is 46.6. The molecular weight excluding hydrogens is 1520 g/mol. The van der Waals surface area contributed by atoms with E-state index in [9.17, 15) is 40.0 Å². The number of rotatable bonds is 3.